The van der Waals surface area contributed by atoms with Crippen molar-refractivity contribution in [2.75, 3.05) is 6.67 Å². The Morgan fingerprint density at radius 1 is 1.30 bits per heavy atom. The van der Waals surface area contributed by atoms with E-state index in [1.807, 2.05) is 0 Å². The van der Waals surface area contributed by atoms with Crippen LogP contribution >= 0.6 is 0 Å². The Morgan fingerprint density at radius 2 is 2.20 bits per heavy atom. The van der Waals surface area contributed by atoms with Gasteiger partial charge >= 0.3 is 0 Å². The lowest BCUT2D eigenvalue weighted by Gasteiger charge is -2.13. The van der Waals surface area contributed by atoms with Crippen LogP contribution in [0, 0.1) is 0 Å². The molecule has 0 saturated carbocycles. The molecule has 1 aliphatic heterocycles. The minimum absolute atomic E-state index is 0.658. The second kappa shape index (κ2) is 2.22. The van der Waals surface area contributed by atoms with E-state index in [0.29, 0.717) is 6.67 Å². The SMILES string of the molecule is c1cnc2c(n1)CNC[N]2. The molecule has 0 atom stereocenters. The van der Waals surface area contributed by atoms with E-state index in [9.17, 15) is 0 Å². The first-order valence-corrected chi connectivity index (χ1v) is 3.15. The molecule has 0 bridgehead atoms. The van der Waals surface area contributed by atoms with Crippen molar-refractivity contribution in [3.8, 4) is 0 Å². The van der Waals surface area contributed by atoms with E-state index >= 15 is 0 Å². The molecule has 1 radical (unpaired) electrons. The lowest BCUT2D eigenvalue weighted by Crippen LogP contribution is -2.28. The summed E-state index contributed by atoms with van der Waals surface area (Å²) in [5.41, 5.74) is 0.939. The number of aromatic nitrogens is 2. The molecule has 10 heavy (non-hydrogen) atoms. The minimum Gasteiger partial charge on any atom is -0.292 e. The Bertz CT molecular complexity index is 210. The van der Waals surface area contributed by atoms with E-state index in [1.54, 1.807) is 12.4 Å². The summed E-state index contributed by atoms with van der Waals surface area (Å²) in [6.45, 7) is 1.44. The minimum atomic E-state index is 0.658. The molecule has 2 heterocycles. The van der Waals surface area contributed by atoms with E-state index in [4.69, 9.17) is 0 Å². The molecule has 1 N–H and O–H groups in total. The molecule has 0 amide bonds. The van der Waals surface area contributed by atoms with Gasteiger partial charge in [-0.25, -0.2) is 10.3 Å². The highest BCUT2D eigenvalue weighted by Crippen LogP contribution is 2.09. The Balaban J connectivity index is 2.41. The van der Waals surface area contributed by atoms with E-state index in [1.165, 1.54) is 0 Å². The molecule has 51 valence electrons. The van der Waals surface area contributed by atoms with Crippen LogP contribution in [-0.2, 0) is 6.54 Å². The molecule has 1 aromatic rings. The topological polar surface area (TPSA) is 51.9 Å². The number of hydrogen-bond donors (Lipinski definition) is 1. The van der Waals surface area contributed by atoms with Crippen molar-refractivity contribution >= 4 is 5.82 Å². The molecule has 1 aliphatic rings. The Kier molecular flexibility index (Phi) is 1.25. The van der Waals surface area contributed by atoms with Crippen LogP contribution in [0.5, 0.6) is 0 Å². The van der Waals surface area contributed by atoms with Crippen LogP contribution in [0.25, 0.3) is 0 Å². The molecule has 1 aromatic heterocycles. The smallest absolute Gasteiger partial charge is 0.171 e. The summed E-state index contributed by atoms with van der Waals surface area (Å²) >= 11 is 0. The fraction of sp³-hybridized carbons (Fsp3) is 0.333. The molecule has 0 saturated heterocycles. The van der Waals surface area contributed by atoms with Gasteiger partial charge in [-0.3, -0.25) is 10.3 Å². The molecule has 0 unspecified atom stereocenters. The standard InChI is InChI=1S/C6H7N4/c1-2-9-6-5(8-1)3-7-4-10-6/h1-2,7H,3-4H2. The second-order valence-electron chi connectivity index (χ2n) is 2.07. The zero-order valence-corrected chi connectivity index (χ0v) is 5.41. The van der Waals surface area contributed by atoms with Crippen molar-refractivity contribution in [2.24, 2.45) is 0 Å². The van der Waals surface area contributed by atoms with Gasteiger partial charge in [0.15, 0.2) is 5.82 Å². The van der Waals surface area contributed by atoms with Crippen LogP contribution in [0.3, 0.4) is 0 Å². The Labute approximate surface area is 58.7 Å². The van der Waals surface area contributed by atoms with Crippen LogP contribution in [0.2, 0.25) is 0 Å². The number of rotatable bonds is 0. The van der Waals surface area contributed by atoms with Crippen LogP contribution in [-0.4, -0.2) is 16.6 Å². The van der Waals surface area contributed by atoms with E-state index in [0.717, 1.165) is 18.1 Å². The van der Waals surface area contributed by atoms with Crippen LogP contribution in [0.4, 0.5) is 5.82 Å². The zero-order chi connectivity index (χ0) is 6.81. The third kappa shape index (κ3) is 0.823. The predicted molar refractivity (Wildman–Crippen MR) is 35.5 cm³/mol. The maximum absolute atomic E-state index is 4.11. The third-order valence-corrected chi connectivity index (χ3v) is 1.39. The summed E-state index contributed by atoms with van der Waals surface area (Å²) in [5.74, 6) is 0.779. The number of nitrogens with one attached hydrogen (secondary N) is 1. The van der Waals surface area contributed by atoms with Gasteiger partial charge in [-0.15, -0.1) is 0 Å². The van der Waals surface area contributed by atoms with Crippen LogP contribution in [0.15, 0.2) is 12.4 Å². The van der Waals surface area contributed by atoms with Gasteiger partial charge in [0.1, 0.15) is 0 Å². The summed E-state index contributed by atoms with van der Waals surface area (Å²) in [7, 11) is 0. The first-order chi connectivity index (χ1) is 4.97. The average molecular weight is 135 g/mol. The van der Waals surface area contributed by atoms with Gasteiger partial charge in [0, 0.05) is 18.9 Å². The molecule has 2 rings (SSSR count). The number of fused-ring (bicyclic) bond motifs is 1. The number of hydrogen-bond acceptors (Lipinski definition) is 3. The first-order valence-electron chi connectivity index (χ1n) is 3.15. The Hall–Kier alpha value is -1.16. The summed E-state index contributed by atoms with van der Waals surface area (Å²) < 4.78 is 0. The van der Waals surface area contributed by atoms with Gasteiger partial charge in [0.2, 0.25) is 0 Å². The van der Waals surface area contributed by atoms with E-state index in [-0.39, 0.29) is 0 Å². The first kappa shape index (κ1) is 5.61. The van der Waals surface area contributed by atoms with Gasteiger partial charge in [-0.05, 0) is 0 Å². The fourth-order valence-corrected chi connectivity index (χ4v) is 0.921. The lowest BCUT2D eigenvalue weighted by molar-refractivity contribution is 0.588. The third-order valence-electron chi connectivity index (χ3n) is 1.39. The van der Waals surface area contributed by atoms with Gasteiger partial charge in [-0.1, -0.05) is 0 Å². The monoisotopic (exact) mass is 135 g/mol. The van der Waals surface area contributed by atoms with Crippen molar-refractivity contribution in [2.45, 2.75) is 6.54 Å². The van der Waals surface area contributed by atoms with E-state index in [2.05, 4.69) is 20.6 Å². The molecule has 0 spiro atoms. The Morgan fingerprint density at radius 3 is 3.10 bits per heavy atom. The maximum Gasteiger partial charge on any atom is 0.171 e. The van der Waals surface area contributed by atoms with Crippen molar-refractivity contribution in [1.29, 1.82) is 0 Å². The van der Waals surface area contributed by atoms with Crippen LogP contribution < -0.4 is 10.6 Å². The second-order valence-corrected chi connectivity index (χ2v) is 2.07. The van der Waals surface area contributed by atoms with Gasteiger partial charge in [-0.2, -0.15) is 0 Å². The molecule has 0 aromatic carbocycles. The predicted octanol–water partition coefficient (Wildman–Crippen LogP) is -0.227. The van der Waals surface area contributed by atoms with Crippen molar-refractivity contribution in [3.63, 3.8) is 0 Å². The van der Waals surface area contributed by atoms with Gasteiger partial charge in [0.05, 0.1) is 12.4 Å². The van der Waals surface area contributed by atoms with Crippen molar-refractivity contribution < 1.29 is 0 Å². The molecule has 4 nitrogen and oxygen atoms in total. The lowest BCUT2D eigenvalue weighted by atomic mass is 10.3. The molecule has 4 heteroatoms. The number of nitrogens with zero attached hydrogens (tertiary/aromatic N) is 3. The highest BCUT2D eigenvalue weighted by Gasteiger charge is 2.09. The fourth-order valence-electron chi connectivity index (χ4n) is 0.921. The summed E-state index contributed by atoms with van der Waals surface area (Å²) in [5, 5.41) is 7.18. The highest BCUT2D eigenvalue weighted by molar-refractivity contribution is 5.32. The maximum atomic E-state index is 4.11. The van der Waals surface area contributed by atoms with Gasteiger partial charge < -0.3 is 0 Å². The largest absolute Gasteiger partial charge is 0.292 e. The van der Waals surface area contributed by atoms with Crippen molar-refractivity contribution in [1.82, 2.24) is 20.6 Å². The summed E-state index contributed by atoms with van der Waals surface area (Å²) in [6, 6.07) is 0. The molecule has 0 fully saturated rings. The van der Waals surface area contributed by atoms with E-state index < -0.39 is 0 Å². The quantitative estimate of drug-likeness (QED) is 0.534. The summed E-state index contributed by atoms with van der Waals surface area (Å²) in [4.78, 5) is 8.15. The van der Waals surface area contributed by atoms with Crippen molar-refractivity contribution in [3.05, 3.63) is 18.1 Å². The molecular weight excluding hydrogens is 128 g/mol. The average Bonchev–Trinajstić information content (AvgIpc) is 2.05. The zero-order valence-electron chi connectivity index (χ0n) is 5.41. The molecular formula is C6H7N4. The summed E-state index contributed by atoms with van der Waals surface area (Å²) in [6.07, 6.45) is 3.34. The van der Waals surface area contributed by atoms with Gasteiger partial charge in [0.25, 0.3) is 0 Å². The normalized spacial score (nSPS) is 15.6. The van der Waals surface area contributed by atoms with Crippen LogP contribution in [0.1, 0.15) is 5.69 Å². The molecule has 0 aliphatic carbocycles. The highest BCUT2D eigenvalue weighted by atomic mass is 15.2.